The van der Waals surface area contributed by atoms with Crippen LogP contribution in [0.15, 0.2) is 36.4 Å². The molecule has 1 heterocycles. The van der Waals surface area contributed by atoms with E-state index in [4.69, 9.17) is 4.74 Å². The minimum absolute atomic E-state index is 0.164. The Morgan fingerprint density at radius 2 is 1.68 bits per heavy atom. The van der Waals surface area contributed by atoms with Gasteiger partial charge < -0.3 is 10.1 Å². The molecule has 1 aromatic rings. The Bertz CT molecular complexity index is 743. The van der Waals surface area contributed by atoms with Gasteiger partial charge in [-0.25, -0.2) is 0 Å². The summed E-state index contributed by atoms with van der Waals surface area (Å²) in [6.07, 6.45) is 5.48. The fraction of sp³-hybridized carbons (Fsp3) is 0.500. The SMILES string of the molecule is CCOc1ccc(NC(=O)C(CC(C)C)N2C(=O)C3CC=CCC3C2=O)cc1. The molecule has 3 rings (SSSR count). The van der Waals surface area contributed by atoms with E-state index in [1.807, 2.05) is 32.9 Å². The van der Waals surface area contributed by atoms with E-state index in [1.165, 1.54) is 4.90 Å². The van der Waals surface area contributed by atoms with Crippen molar-refractivity contribution in [1.29, 1.82) is 0 Å². The molecule has 1 aromatic carbocycles. The second-order valence-corrected chi connectivity index (χ2v) is 7.79. The summed E-state index contributed by atoms with van der Waals surface area (Å²) in [5.41, 5.74) is 0.611. The monoisotopic (exact) mass is 384 g/mol. The molecule has 150 valence electrons. The third kappa shape index (κ3) is 4.11. The Labute approximate surface area is 165 Å². The summed E-state index contributed by atoms with van der Waals surface area (Å²) in [4.78, 5) is 40.1. The van der Waals surface area contributed by atoms with Crippen LogP contribution in [0.2, 0.25) is 0 Å². The van der Waals surface area contributed by atoms with E-state index in [1.54, 1.807) is 24.3 Å². The van der Waals surface area contributed by atoms with E-state index in [9.17, 15) is 14.4 Å². The number of imide groups is 1. The Morgan fingerprint density at radius 3 is 2.18 bits per heavy atom. The van der Waals surface area contributed by atoms with Crippen LogP contribution in [-0.2, 0) is 14.4 Å². The van der Waals surface area contributed by atoms with Crippen molar-refractivity contribution >= 4 is 23.4 Å². The Balaban J connectivity index is 1.78. The second kappa shape index (κ2) is 8.59. The average Bonchev–Trinajstić information content (AvgIpc) is 2.92. The summed E-state index contributed by atoms with van der Waals surface area (Å²) < 4.78 is 5.41. The molecule has 3 atom stereocenters. The molecule has 0 bridgehead atoms. The van der Waals surface area contributed by atoms with Crippen molar-refractivity contribution in [3.8, 4) is 5.75 Å². The zero-order chi connectivity index (χ0) is 20.3. The molecule has 1 saturated heterocycles. The minimum Gasteiger partial charge on any atom is -0.494 e. The predicted octanol–water partition coefficient (Wildman–Crippen LogP) is 3.39. The second-order valence-electron chi connectivity index (χ2n) is 7.79. The third-order valence-corrected chi connectivity index (χ3v) is 5.28. The van der Waals surface area contributed by atoms with E-state index in [0.29, 0.717) is 31.6 Å². The number of hydrogen-bond acceptors (Lipinski definition) is 4. The quantitative estimate of drug-likeness (QED) is 0.578. The van der Waals surface area contributed by atoms with Crippen molar-refractivity contribution < 1.29 is 19.1 Å². The number of carbonyl (C=O) groups excluding carboxylic acids is 3. The number of allylic oxidation sites excluding steroid dienone is 2. The fourth-order valence-corrected chi connectivity index (χ4v) is 3.94. The van der Waals surface area contributed by atoms with Crippen molar-refractivity contribution in [3.63, 3.8) is 0 Å². The Hall–Kier alpha value is -2.63. The highest BCUT2D eigenvalue weighted by atomic mass is 16.5. The predicted molar refractivity (Wildman–Crippen MR) is 107 cm³/mol. The standard InChI is InChI=1S/C22H28N2O4/c1-4-28-16-11-9-15(10-12-16)23-20(25)19(13-14(2)3)24-21(26)17-7-5-6-8-18(17)22(24)27/h5-6,9-12,14,17-19H,4,7-8,13H2,1-3H3,(H,23,25). The number of nitrogens with zero attached hydrogens (tertiary/aromatic N) is 1. The van der Waals surface area contributed by atoms with Gasteiger partial charge in [-0.15, -0.1) is 0 Å². The van der Waals surface area contributed by atoms with Crippen LogP contribution in [0.3, 0.4) is 0 Å². The lowest BCUT2D eigenvalue weighted by atomic mass is 9.85. The molecule has 0 radical (unpaired) electrons. The van der Waals surface area contributed by atoms with Crippen molar-refractivity contribution in [3.05, 3.63) is 36.4 Å². The number of likely N-dealkylation sites (tertiary alicyclic amines) is 1. The van der Waals surface area contributed by atoms with Gasteiger partial charge in [0.05, 0.1) is 18.4 Å². The number of benzene rings is 1. The minimum atomic E-state index is -0.794. The van der Waals surface area contributed by atoms with Gasteiger partial charge in [0.15, 0.2) is 0 Å². The van der Waals surface area contributed by atoms with Gasteiger partial charge in [0.25, 0.3) is 0 Å². The molecule has 1 aliphatic heterocycles. The summed E-state index contributed by atoms with van der Waals surface area (Å²) in [6, 6.07) is 6.28. The molecule has 0 spiro atoms. The van der Waals surface area contributed by atoms with Crippen molar-refractivity contribution in [2.24, 2.45) is 17.8 Å². The van der Waals surface area contributed by atoms with E-state index in [-0.39, 0.29) is 35.5 Å². The van der Waals surface area contributed by atoms with Crippen LogP contribution in [-0.4, -0.2) is 35.3 Å². The first-order valence-corrected chi connectivity index (χ1v) is 9.98. The number of ether oxygens (including phenoxy) is 1. The summed E-state index contributed by atoms with van der Waals surface area (Å²) in [5.74, 6) is -0.529. The van der Waals surface area contributed by atoms with Gasteiger partial charge in [-0.3, -0.25) is 19.3 Å². The molecular formula is C22H28N2O4. The zero-order valence-electron chi connectivity index (χ0n) is 16.7. The van der Waals surface area contributed by atoms with Crippen LogP contribution in [0.25, 0.3) is 0 Å². The first kappa shape index (κ1) is 20.1. The largest absolute Gasteiger partial charge is 0.494 e. The topological polar surface area (TPSA) is 75.7 Å². The number of amides is 3. The Morgan fingerprint density at radius 1 is 1.11 bits per heavy atom. The molecule has 6 heteroatoms. The first-order chi connectivity index (χ1) is 13.4. The lowest BCUT2D eigenvalue weighted by Crippen LogP contribution is -2.48. The maximum absolute atomic E-state index is 13.0. The number of hydrogen-bond donors (Lipinski definition) is 1. The van der Waals surface area contributed by atoms with Gasteiger partial charge in [0.2, 0.25) is 17.7 Å². The average molecular weight is 384 g/mol. The third-order valence-electron chi connectivity index (χ3n) is 5.28. The molecular weight excluding hydrogens is 356 g/mol. The molecule has 0 aromatic heterocycles. The van der Waals surface area contributed by atoms with Crippen molar-refractivity contribution in [1.82, 2.24) is 4.90 Å². The van der Waals surface area contributed by atoms with Crippen LogP contribution in [0.4, 0.5) is 5.69 Å². The van der Waals surface area contributed by atoms with E-state index >= 15 is 0 Å². The lowest BCUT2D eigenvalue weighted by molar-refractivity contribution is -0.147. The molecule has 3 unspecified atom stereocenters. The zero-order valence-corrected chi connectivity index (χ0v) is 16.7. The number of carbonyl (C=O) groups is 3. The molecule has 1 fully saturated rings. The fourth-order valence-electron chi connectivity index (χ4n) is 3.94. The highest BCUT2D eigenvalue weighted by Crippen LogP contribution is 2.37. The van der Waals surface area contributed by atoms with Gasteiger partial charge in [-0.05, 0) is 56.4 Å². The van der Waals surface area contributed by atoms with Crippen LogP contribution >= 0.6 is 0 Å². The summed E-state index contributed by atoms with van der Waals surface area (Å²) in [5, 5.41) is 2.86. The van der Waals surface area contributed by atoms with E-state index < -0.39 is 6.04 Å². The summed E-state index contributed by atoms with van der Waals surface area (Å²) in [6.45, 7) is 6.44. The maximum Gasteiger partial charge on any atom is 0.247 e. The number of nitrogens with one attached hydrogen (secondary N) is 1. The normalized spacial score (nSPS) is 22.4. The molecule has 0 saturated carbocycles. The van der Waals surface area contributed by atoms with Gasteiger partial charge in [0.1, 0.15) is 11.8 Å². The molecule has 1 aliphatic carbocycles. The smallest absolute Gasteiger partial charge is 0.247 e. The summed E-state index contributed by atoms with van der Waals surface area (Å²) in [7, 11) is 0. The highest BCUT2D eigenvalue weighted by Gasteiger charge is 2.51. The molecule has 1 N–H and O–H groups in total. The van der Waals surface area contributed by atoms with E-state index in [0.717, 1.165) is 5.75 Å². The first-order valence-electron chi connectivity index (χ1n) is 9.98. The van der Waals surface area contributed by atoms with E-state index in [2.05, 4.69) is 5.32 Å². The van der Waals surface area contributed by atoms with Crippen molar-refractivity contribution in [2.45, 2.75) is 46.1 Å². The lowest BCUT2D eigenvalue weighted by Gasteiger charge is -2.27. The number of rotatable bonds is 7. The van der Waals surface area contributed by atoms with Crippen LogP contribution in [0.1, 0.15) is 40.0 Å². The Kier molecular flexibility index (Phi) is 6.17. The van der Waals surface area contributed by atoms with Gasteiger partial charge >= 0.3 is 0 Å². The van der Waals surface area contributed by atoms with Crippen LogP contribution in [0, 0.1) is 17.8 Å². The maximum atomic E-state index is 13.0. The van der Waals surface area contributed by atoms with Crippen LogP contribution in [0.5, 0.6) is 5.75 Å². The number of fused-ring (bicyclic) bond motifs is 1. The molecule has 3 amide bonds. The summed E-state index contributed by atoms with van der Waals surface area (Å²) >= 11 is 0. The van der Waals surface area contributed by atoms with Gasteiger partial charge in [-0.1, -0.05) is 26.0 Å². The number of anilines is 1. The molecule has 2 aliphatic rings. The van der Waals surface area contributed by atoms with Crippen molar-refractivity contribution in [2.75, 3.05) is 11.9 Å². The van der Waals surface area contributed by atoms with Crippen LogP contribution < -0.4 is 10.1 Å². The molecule has 28 heavy (non-hydrogen) atoms. The van der Waals surface area contributed by atoms with Gasteiger partial charge in [0, 0.05) is 5.69 Å². The highest BCUT2D eigenvalue weighted by molar-refractivity contribution is 6.10. The van der Waals surface area contributed by atoms with Gasteiger partial charge in [-0.2, -0.15) is 0 Å². The molecule has 6 nitrogen and oxygen atoms in total.